The molecule has 1 aliphatic heterocycles. The fourth-order valence-corrected chi connectivity index (χ4v) is 4.11. The van der Waals surface area contributed by atoms with Gasteiger partial charge in [-0.1, -0.05) is 42.0 Å². The lowest BCUT2D eigenvalue weighted by molar-refractivity contribution is 0.0735. The van der Waals surface area contributed by atoms with Crippen molar-refractivity contribution in [2.75, 3.05) is 26.2 Å². The van der Waals surface area contributed by atoms with Crippen molar-refractivity contribution < 1.29 is 4.79 Å². The molecule has 0 unspecified atom stereocenters. The maximum atomic E-state index is 13.1. The third-order valence-corrected chi connectivity index (χ3v) is 5.88. The molecule has 1 fully saturated rings. The Morgan fingerprint density at radius 2 is 1.66 bits per heavy atom. The second-order valence-electron chi connectivity index (χ2n) is 8.05. The minimum Gasteiger partial charge on any atom is -0.336 e. The first-order valence-electron chi connectivity index (χ1n) is 10.7. The van der Waals surface area contributed by atoms with E-state index in [9.17, 15) is 10.1 Å². The summed E-state index contributed by atoms with van der Waals surface area (Å²) in [6, 6.07) is 21.7. The van der Waals surface area contributed by atoms with Gasteiger partial charge in [0.15, 0.2) is 0 Å². The van der Waals surface area contributed by atoms with Gasteiger partial charge in [-0.25, -0.2) is 4.98 Å². The van der Waals surface area contributed by atoms with Crippen molar-refractivity contribution in [3.8, 4) is 28.6 Å². The normalized spacial score (nSPS) is 13.8. The molecule has 1 N–H and O–H groups in total. The number of carbonyl (C=O) groups excluding carboxylic acids is 1. The molecule has 32 heavy (non-hydrogen) atoms. The van der Waals surface area contributed by atoms with E-state index in [-0.39, 0.29) is 5.91 Å². The Hall–Kier alpha value is -3.95. The summed E-state index contributed by atoms with van der Waals surface area (Å²) in [6.45, 7) is 5.10. The third-order valence-electron chi connectivity index (χ3n) is 5.88. The number of benzene rings is 2. The highest BCUT2D eigenvalue weighted by Crippen LogP contribution is 2.33. The fraction of sp³-hybridized carbons (Fsp3) is 0.192. The zero-order valence-electron chi connectivity index (χ0n) is 17.9. The van der Waals surface area contributed by atoms with E-state index in [2.05, 4.69) is 42.6 Å². The first-order valence-corrected chi connectivity index (χ1v) is 10.7. The number of aryl methyl sites for hydroxylation is 1. The number of hydrogen-bond acceptors (Lipinski definition) is 4. The number of pyridine rings is 1. The average Bonchev–Trinajstić information content (AvgIpc) is 3.23. The quantitative estimate of drug-likeness (QED) is 0.545. The SMILES string of the molecule is Cc1ccc(-c2nc3ccc(C(=O)N4CCNCC4)cn3c2-c2ccc(C#N)cc2)cc1. The zero-order valence-corrected chi connectivity index (χ0v) is 17.9. The predicted octanol–water partition coefficient (Wildman–Crippen LogP) is 3.89. The molecule has 2 aromatic heterocycles. The standard InChI is InChI=1S/C26H23N5O/c1-18-2-6-20(7-3-18)24-25(21-8-4-19(16-27)5-9-21)31-17-22(10-11-23(31)29-24)26(32)30-14-12-28-13-15-30/h2-11,17,28H,12-15H2,1H3. The molecule has 0 saturated carbocycles. The Kier molecular flexibility index (Phi) is 5.18. The summed E-state index contributed by atoms with van der Waals surface area (Å²) >= 11 is 0. The maximum absolute atomic E-state index is 13.1. The summed E-state index contributed by atoms with van der Waals surface area (Å²) in [7, 11) is 0. The number of amides is 1. The van der Waals surface area contributed by atoms with Crippen molar-refractivity contribution in [3.05, 3.63) is 83.6 Å². The van der Waals surface area contributed by atoms with Crippen LogP contribution >= 0.6 is 0 Å². The van der Waals surface area contributed by atoms with Crippen LogP contribution in [0.25, 0.3) is 28.2 Å². The van der Waals surface area contributed by atoms with Gasteiger partial charge in [-0.2, -0.15) is 5.26 Å². The van der Waals surface area contributed by atoms with E-state index in [1.165, 1.54) is 5.56 Å². The molecule has 0 atom stereocenters. The number of hydrogen-bond donors (Lipinski definition) is 1. The number of imidazole rings is 1. The lowest BCUT2D eigenvalue weighted by atomic mass is 10.0. The summed E-state index contributed by atoms with van der Waals surface area (Å²) in [5, 5.41) is 12.5. The van der Waals surface area contributed by atoms with Crippen LogP contribution in [0.1, 0.15) is 21.5 Å². The molecule has 0 spiro atoms. The summed E-state index contributed by atoms with van der Waals surface area (Å²) in [5.74, 6) is 0.0322. The monoisotopic (exact) mass is 421 g/mol. The van der Waals surface area contributed by atoms with E-state index >= 15 is 0 Å². The smallest absolute Gasteiger partial charge is 0.255 e. The summed E-state index contributed by atoms with van der Waals surface area (Å²) < 4.78 is 1.99. The minimum absolute atomic E-state index is 0.0322. The molecule has 2 aromatic carbocycles. The van der Waals surface area contributed by atoms with E-state index in [4.69, 9.17) is 4.98 Å². The van der Waals surface area contributed by atoms with Gasteiger partial charge in [0.25, 0.3) is 5.91 Å². The Balaban J connectivity index is 1.67. The summed E-state index contributed by atoms with van der Waals surface area (Å²) in [4.78, 5) is 19.9. The molecule has 4 aromatic rings. The maximum Gasteiger partial charge on any atom is 0.255 e. The highest BCUT2D eigenvalue weighted by Gasteiger charge is 2.21. The molecule has 3 heterocycles. The van der Waals surface area contributed by atoms with Gasteiger partial charge in [0.2, 0.25) is 0 Å². The van der Waals surface area contributed by atoms with Crippen molar-refractivity contribution in [2.24, 2.45) is 0 Å². The Bertz CT molecular complexity index is 1320. The third kappa shape index (κ3) is 3.64. The molecule has 158 valence electrons. The van der Waals surface area contributed by atoms with E-state index in [1.54, 1.807) is 0 Å². The number of nitrogens with one attached hydrogen (secondary N) is 1. The van der Waals surface area contributed by atoms with Crippen molar-refractivity contribution in [1.82, 2.24) is 19.6 Å². The van der Waals surface area contributed by atoms with Crippen molar-refractivity contribution in [2.45, 2.75) is 6.92 Å². The van der Waals surface area contributed by atoms with Crippen LogP contribution in [0.2, 0.25) is 0 Å². The van der Waals surface area contributed by atoms with Crippen molar-refractivity contribution in [1.29, 1.82) is 5.26 Å². The molecule has 0 aliphatic carbocycles. The molecule has 5 rings (SSSR count). The number of nitriles is 1. The summed E-state index contributed by atoms with van der Waals surface area (Å²) in [5.41, 5.74) is 6.91. The predicted molar refractivity (Wildman–Crippen MR) is 124 cm³/mol. The molecule has 0 bridgehead atoms. The van der Waals surface area contributed by atoms with E-state index in [0.29, 0.717) is 24.2 Å². The number of piperazine rings is 1. The molecule has 6 nitrogen and oxygen atoms in total. The molecule has 1 aliphatic rings. The second kappa shape index (κ2) is 8.29. The first kappa shape index (κ1) is 20.0. The van der Waals surface area contributed by atoms with Crippen LogP contribution in [0.3, 0.4) is 0 Å². The van der Waals surface area contributed by atoms with Gasteiger partial charge in [0.1, 0.15) is 5.65 Å². The Morgan fingerprint density at radius 3 is 2.34 bits per heavy atom. The van der Waals surface area contributed by atoms with E-state index < -0.39 is 0 Å². The zero-order chi connectivity index (χ0) is 22.1. The van der Waals surface area contributed by atoms with Crippen LogP contribution < -0.4 is 5.32 Å². The van der Waals surface area contributed by atoms with Gasteiger partial charge in [-0.15, -0.1) is 0 Å². The van der Waals surface area contributed by atoms with Gasteiger partial charge in [-0.3, -0.25) is 9.20 Å². The number of fused-ring (bicyclic) bond motifs is 1. The van der Waals surface area contributed by atoms with Crippen LogP contribution in [0.15, 0.2) is 66.9 Å². The number of aromatic nitrogens is 2. The van der Waals surface area contributed by atoms with Crippen LogP contribution in [-0.4, -0.2) is 46.4 Å². The van der Waals surface area contributed by atoms with Gasteiger partial charge in [-0.05, 0) is 31.2 Å². The minimum atomic E-state index is 0.0322. The molecule has 1 saturated heterocycles. The molecule has 6 heteroatoms. The first-order chi connectivity index (χ1) is 15.6. The highest BCUT2D eigenvalue weighted by molar-refractivity contribution is 5.95. The van der Waals surface area contributed by atoms with Gasteiger partial charge < -0.3 is 10.2 Å². The van der Waals surface area contributed by atoms with Gasteiger partial charge >= 0.3 is 0 Å². The van der Waals surface area contributed by atoms with E-state index in [0.717, 1.165) is 41.3 Å². The lowest BCUT2D eigenvalue weighted by Crippen LogP contribution is -2.46. The lowest BCUT2D eigenvalue weighted by Gasteiger charge is -2.27. The fourth-order valence-electron chi connectivity index (χ4n) is 4.11. The largest absolute Gasteiger partial charge is 0.336 e. The number of rotatable bonds is 3. The summed E-state index contributed by atoms with van der Waals surface area (Å²) in [6.07, 6.45) is 1.89. The molecule has 1 amide bonds. The second-order valence-corrected chi connectivity index (χ2v) is 8.05. The van der Waals surface area contributed by atoms with Gasteiger partial charge in [0.05, 0.1) is 28.6 Å². The Morgan fingerprint density at radius 1 is 0.969 bits per heavy atom. The van der Waals surface area contributed by atoms with Crippen molar-refractivity contribution in [3.63, 3.8) is 0 Å². The molecular weight excluding hydrogens is 398 g/mol. The molecular formula is C26H23N5O. The van der Waals surface area contributed by atoms with Crippen LogP contribution in [0.4, 0.5) is 0 Å². The highest BCUT2D eigenvalue weighted by atomic mass is 16.2. The Labute approximate surface area is 186 Å². The van der Waals surface area contributed by atoms with Gasteiger partial charge in [0, 0.05) is 43.5 Å². The average molecular weight is 422 g/mol. The number of nitrogens with zero attached hydrogens (tertiary/aromatic N) is 4. The van der Waals surface area contributed by atoms with Crippen LogP contribution in [0.5, 0.6) is 0 Å². The van der Waals surface area contributed by atoms with Crippen LogP contribution in [0, 0.1) is 18.3 Å². The van der Waals surface area contributed by atoms with Crippen molar-refractivity contribution >= 4 is 11.6 Å². The van der Waals surface area contributed by atoms with E-state index in [1.807, 2.05) is 51.9 Å². The van der Waals surface area contributed by atoms with Crippen LogP contribution in [-0.2, 0) is 0 Å². The topological polar surface area (TPSA) is 73.4 Å². The molecule has 0 radical (unpaired) electrons. The number of carbonyl (C=O) groups is 1.